The zero-order chi connectivity index (χ0) is 6.78. The van der Waals surface area contributed by atoms with E-state index in [9.17, 15) is 4.79 Å². The van der Waals surface area contributed by atoms with Gasteiger partial charge in [0.05, 0.1) is 0 Å². The molecule has 0 saturated heterocycles. The summed E-state index contributed by atoms with van der Waals surface area (Å²) in [6, 6.07) is 0.945. The second-order valence-corrected chi connectivity index (χ2v) is 9.66. The molecular weight excluding hydrogens is 198 g/mol. The summed E-state index contributed by atoms with van der Waals surface area (Å²) in [5.41, 5.74) is 0. The van der Waals surface area contributed by atoms with Gasteiger partial charge in [0.1, 0.15) is 0 Å². The van der Waals surface area contributed by atoms with Crippen LogP contribution in [-0.4, -0.2) is 41.8 Å². The molecule has 0 unspecified atom stereocenters. The van der Waals surface area contributed by atoms with Gasteiger partial charge in [-0.1, -0.05) is 6.04 Å². The first-order chi connectivity index (χ1) is 3.50. The molecule has 0 saturated carbocycles. The fraction of sp³-hybridized carbons (Fsp3) is 0.667. The predicted molar refractivity (Wildman–Crippen MR) is 47.2 cm³/mol. The molecule has 0 spiro atoms. The minimum absolute atomic E-state index is 0. The molecule has 10 heavy (non-hydrogen) atoms. The summed E-state index contributed by atoms with van der Waals surface area (Å²) in [6.07, 6.45) is 0. The quantitative estimate of drug-likeness (QED) is 0.462. The van der Waals surface area contributed by atoms with Gasteiger partial charge >= 0.3 is 65.1 Å². The number of hydrogen-bond acceptors (Lipinski definition) is 1. The first-order valence-electron chi connectivity index (χ1n) is 2.74. The van der Waals surface area contributed by atoms with Crippen LogP contribution in [0.2, 0.25) is 10.7 Å². The summed E-state index contributed by atoms with van der Waals surface area (Å²) >= 11 is 0. The van der Waals surface area contributed by atoms with Crippen molar-refractivity contribution in [1.29, 1.82) is 0 Å². The number of carboxylic acid groups (broad SMARTS) is 1. The average Bonchev–Trinajstić information content (AvgIpc) is 1.67. The Balaban J connectivity index is -0.0000000408. The number of carboxylic acids is 1. The van der Waals surface area contributed by atoms with Crippen LogP contribution in [0.3, 0.4) is 0 Å². The second kappa shape index (κ2) is 7.75. The van der Waals surface area contributed by atoms with Gasteiger partial charge < -0.3 is 7.96 Å². The molecule has 0 aliphatic heterocycles. The van der Waals surface area contributed by atoms with Crippen molar-refractivity contribution in [2.24, 2.45) is 0 Å². The van der Waals surface area contributed by atoms with E-state index in [1.54, 1.807) is 0 Å². The van der Waals surface area contributed by atoms with Crippen LogP contribution < -0.4 is 59.1 Å². The van der Waals surface area contributed by atoms with Gasteiger partial charge in [-0.3, -0.25) is 4.79 Å². The van der Waals surface area contributed by atoms with E-state index in [1.165, 1.54) is 0 Å². The summed E-state index contributed by atoms with van der Waals surface area (Å²) in [5, 5.41) is 8.53. The maximum Gasteiger partial charge on any atom is 1.00 e. The van der Waals surface area contributed by atoms with E-state index in [4.69, 9.17) is 5.11 Å². The Labute approximate surface area is 118 Å². The SMILES string of the molecule is O=C(O)C([SiH3])([SiH3])C[SiH3].[H-].[H-].[Na+].[Na+]. The Morgan fingerprint density at radius 3 is 1.80 bits per heavy atom. The van der Waals surface area contributed by atoms with Gasteiger partial charge in [-0.15, -0.1) is 0 Å². The third-order valence-corrected chi connectivity index (χ3v) is 8.33. The van der Waals surface area contributed by atoms with E-state index in [0.717, 1.165) is 36.8 Å². The molecule has 0 rings (SSSR count). The standard InChI is InChI=1S/C3H12O2Si3.2Na.2H/c4-2(5)3(7,8)1-6;;;;/h1H2,6-8H3,(H,4,5);;;;/q;2*+1;2*-1. The fourth-order valence-corrected chi connectivity index (χ4v) is 0.454. The van der Waals surface area contributed by atoms with E-state index < -0.39 is 5.97 Å². The molecule has 2 nitrogen and oxygen atoms in total. The van der Waals surface area contributed by atoms with Crippen molar-refractivity contribution in [1.82, 2.24) is 0 Å². The molecule has 1 N–H and O–H groups in total. The van der Waals surface area contributed by atoms with Crippen LogP contribution in [0.15, 0.2) is 0 Å². The Hall–Kier alpha value is 2.12. The Morgan fingerprint density at radius 1 is 1.50 bits per heavy atom. The fourth-order valence-electron chi connectivity index (χ4n) is 0.151. The van der Waals surface area contributed by atoms with E-state index in [1.807, 2.05) is 0 Å². The van der Waals surface area contributed by atoms with Gasteiger partial charge in [0, 0.05) is 35.4 Å². The molecule has 0 aromatic carbocycles. The molecule has 0 aromatic heterocycles. The van der Waals surface area contributed by atoms with Gasteiger partial charge in [0.15, 0.2) is 0 Å². The normalized spacial score (nSPS) is 14.8. The summed E-state index contributed by atoms with van der Waals surface area (Å²) in [6.45, 7) is 0. The van der Waals surface area contributed by atoms with E-state index >= 15 is 0 Å². The van der Waals surface area contributed by atoms with Gasteiger partial charge in [-0.2, -0.15) is 0 Å². The average molecular weight is 212 g/mol. The van der Waals surface area contributed by atoms with Crippen LogP contribution in [0.5, 0.6) is 0 Å². The zero-order valence-corrected chi connectivity index (χ0v) is 17.6. The molecule has 0 aliphatic carbocycles. The molecule has 0 fully saturated rings. The number of carbonyl (C=O) groups is 1. The Kier molecular flexibility index (Phi) is 14.0. The van der Waals surface area contributed by atoms with Crippen LogP contribution in [0.4, 0.5) is 0 Å². The number of hydrogen-bond donors (Lipinski definition) is 1. The van der Waals surface area contributed by atoms with Crippen LogP contribution >= 0.6 is 0 Å². The smallest absolute Gasteiger partial charge is 1.00 e. The van der Waals surface area contributed by atoms with Crippen molar-refractivity contribution in [3.8, 4) is 0 Å². The van der Waals surface area contributed by atoms with Crippen LogP contribution in [0, 0.1) is 0 Å². The third-order valence-electron chi connectivity index (χ3n) is 1.46. The largest absolute Gasteiger partial charge is 1.00 e. The summed E-state index contributed by atoms with van der Waals surface area (Å²) in [4.78, 5) is 10.3. The molecule has 0 heterocycles. The molecule has 7 heteroatoms. The van der Waals surface area contributed by atoms with Crippen molar-refractivity contribution in [2.45, 2.75) is 10.7 Å². The second-order valence-electron chi connectivity index (χ2n) is 2.54. The zero-order valence-electron chi connectivity index (χ0n) is 9.56. The minimum atomic E-state index is -0.564. The van der Waals surface area contributed by atoms with Gasteiger partial charge in [-0.05, 0) is 0 Å². The van der Waals surface area contributed by atoms with Crippen LogP contribution in [0.25, 0.3) is 0 Å². The van der Waals surface area contributed by atoms with E-state index in [0.29, 0.717) is 0 Å². The molecule has 0 aliphatic rings. The molecule has 52 valence electrons. The minimum Gasteiger partial charge on any atom is -1.00 e. The molecule has 0 radical (unpaired) electrons. The van der Waals surface area contributed by atoms with Crippen LogP contribution in [-0.2, 0) is 4.79 Å². The number of rotatable bonds is 2. The van der Waals surface area contributed by atoms with Crippen molar-refractivity contribution in [2.75, 3.05) is 0 Å². The number of aliphatic carboxylic acids is 1. The third kappa shape index (κ3) is 6.81. The molecule has 0 atom stereocenters. The molecule has 0 aromatic rings. The Bertz CT molecular complexity index is 116. The maximum atomic E-state index is 10.3. The predicted octanol–water partition coefficient (Wildman–Crippen LogP) is -9.07. The van der Waals surface area contributed by atoms with Crippen LogP contribution in [0.1, 0.15) is 2.85 Å². The van der Waals surface area contributed by atoms with E-state index in [-0.39, 0.29) is 66.6 Å². The Morgan fingerprint density at radius 2 is 1.80 bits per heavy atom. The van der Waals surface area contributed by atoms with Gasteiger partial charge in [-0.25, -0.2) is 0 Å². The molecular formula is C3H14Na2O2Si3. The first-order valence-corrected chi connectivity index (χ1v) is 6.15. The van der Waals surface area contributed by atoms with Crippen molar-refractivity contribution >= 4 is 36.7 Å². The monoisotopic (exact) mass is 212 g/mol. The topological polar surface area (TPSA) is 37.3 Å². The van der Waals surface area contributed by atoms with E-state index in [2.05, 4.69) is 0 Å². The van der Waals surface area contributed by atoms with Gasteiger partial charge in [0.25, 0.3) is 0 Å². The van der Waals surface area contributed by atoms with Crippen molar-refractivity contribution in [3.63, 3.8) is 0 Å². The summed E-state index contributed by atoms with van der Waals surface area (Å²) in [7, 11) is 2.69. The molecule has 0 bridgehead atoms. The first kappa shape index (κ1) is 18.0. The summed E-state index contributed by atoms with van der Waals surface area (Å²) < 4.78 is -0.202. The maximum absolute atomic E-state index is 10.3. The van der Waals surface area contributed by atoms with Crippen molar-refractivity contribution < 1.29 is 71.9 Å². The summed E-state index contributed by atoms with van der Waals surface area (Å²) in [5.74, 6) is -0.564. The molecule has 0 amide bonds. The van der Waals surface area contributed by atoms with Crippen molar-refractivity contribution in [3.05, 3.63) is 0 Å². The van der Waals surface area contributed by atoms with Gasteiger partial charge in [0.2, 0.25) is 0 Å².